The second-order valence-corrected chi connectivity index (χ2v) is 7.37. The summed E-state index contributed by atoms with van der Waals surface area (Å²) in [5, 5.41) is 0. The van der Waals surface area contributed by atoms with Crippen LogP contribution >= 0.6 is 0 Å². The van der Waals surface area contributed by atoms with Gasteiger partial charge in [0.2, 0.25) is 5.91 Å². The molecular formula is C23H27N3O3. The number of benzene rings is 2. The molecule has 0 unspecified atom stereocenters. The van der Waals surface area contributed by atoms with E-state index in [-0.39, 0.29) is 19.1 Å². The third-order valence-corrected chi connectivity index (χ3v) is 5.39. The number of carbonyl (C=O) groups excluding carboxylic acids is 1. The first kappa shape index (κ1) is 19.3. The minimum absolute atomic E-state index is 0.151. The van der Waals surface area contributed by atoms with Gasteiger partial charge >= 0.3 is 0 Å². The molecule has 1 fully saturated rings. The van der Waals surface area contributed by atoms with E-state index in [0.29, 0.717) is 5.75 Å². The number of fused-ring (bicyclic) bond motifs is 1. The summed E-state index contributed by atoms with van der Waals surface area (Å²) < 4.78 is 13.2. The van der Waals surface area contributed by atoms with Gasteiger partial charge in [-0.25, -0.2) is 4.98 Å². The van der Waals surface area contributed by atoms with Crippen molar-refractivity contribution in [3.8, 4) is 11.5 Å². The second-order valence-electron chi connectivity index (χ2n) is 7.37. The number of amides is 1. The van der Waals surface area contributed by atoms with Crippen molar-refractivity contribution >= 4 is 16.9 Å². The Labute approximate surface area is 171 Å². The predicted molar refractivity (Wildman–Crippen MR) is 112 cm³/mol. The highest BCUT2D eigenvalue weighted by Crippen LogP contribution is 2.22. The Morgan fingerprint density at radius 3 is 2.55 bits per heavy atom. The summed E-state index contributed by atoms with van der Waals surface area (Å²) in [6, 6.07) is 15.4. The van der Waals surface area contributed by atoms with Crippen LogP contribution in [0.4, 0.5) is 0 Å². The van der Waals surface area contributed by atoms with Gasteiger partial charge in [0.05, 0.1) is 18.1 Å². The zero-order valence-electron chi connectivity index (χ0n) is 16.8. The Hall–Kier alpha value is -3.02. The lowest BCUT2D eigenvalue weighted by Crippen LogP contribution is -2.35. The molecule has 0 N–H and O–H groups in total. The lowest BCUT2D eigenvalue weighted by molar-refractivity contribution is -0.131. The standard InChI is InChI=1S/C23H27N3O3/c1-28-18-9-8-10-19(15-18)29-17-22-24-20-11-4-5-12-21(20)26(22)16-23(27)25-13-6-2-3-7-14-25/h4-5,8-12,15H,2-3,6-7,13-14,16-17H2,1H3. The Balaban J connectivity index is 1.56. The fourth-order valence-corrected chi connectivity index (χ4v) is 3.81. The van der Waals surface area contributed by atoms with Crippen LogP contribution in [0.2, 0.25) is 0 Å². The van der Waals surface area contributed by atoms with Crippen LogP contribution in [0.1, 0.15) is 31.5 Å². The minimum atomic E-state index is 0.151. The van der Waals surface area contributed by atoms with E-state index in [1.807, 2.05) is 58.0 Å². The average molecular weight is 393 g/mol. The van der Waals surface area contributed by atoms with E-state index in [9.17, 15) is 4.79 Å². The fraction of sp³-hybridized carbons (Fsp3) is 0.391. The number of hydrogen-bond donors (Lipinski definition) is 0. The van der Waals surface area contributed by atoms with Gasteiger partial charge < -0.3 is 18.9 Å². The Morgan fingerprint density at radius 2 is 1.76 bits per heavy atom. The highest BCUT2D eigenvalue weighted by Gasteiger charge is 2.19. The number of hydrogen-bond acceptors (Lipinski definition) is 4. The van der Waals surface area contributed by atoms with E-state index in [1.165, 1.54) is 12.8 Å². The van der Waals surface area contributed by atoms with Crippen molar-refractivity contribution in [1.29, 1.82) is 0 Å². The quantitative estimate of drug-likeness (QED) is 0.635. The number of imidazole rings is 1. The number of carbonyl (C=O) groups is 1. The number of likely N-dealkylation sites (tertiary alicyclic amines) is 1. The summed E-state index contributed by atoms with van der Waals surface area (Å²) in [4.78, 5) is 19.7. The molecule has 0 saturated carbocycles. The highest BCUT2D eigenvalue weighted by atomic mass is 16.5. The monoisotopic (exact) mass is 393 g/mol. The van der Waals surface area contributed by atoms with Crippen molar-refractivity contribution < 1.29 is 14.3 Å². The molecule has 6 heteroatoms. The SMILES string of the molecule is COc1cccc(OCc2nc3ccccc3n2CC(=O)N2CCCCCC2)c1. The number of methoxy groups -OCH3 is 1. The van der Waals surface area contributed by atoms with Crippen molar-refractivity contribution in [2.24, 2.45) is 0 Å². The van der Waals surface area contributed by atoms with Gasteiger partial charge in [-0.05, 0) is 37.1 Å². The minimum Gasteiger partial charge on any atom is -0.497 e. The Morgan fingerprint density at radius 1 is 1.00 bits per heavy atom. The first-order valence-electron chi connectivity index (χ1n) is 10.2. The molecule has 1 aromatic heterocycles. The van der Waals surface area contributed by atoms with E-state index < -0.39 is 0 Å². The van der Waals surface area contributed by atoms with Crippen LogP contribution < -0.4 is 9.47 Å². The van der Waals surface area contributed by atoms with Gasteiger partial charge in [0.1, 0.15) is 30.5 Å². The number of ether oxygens (including phenoxy) is 2. The maximum absolute atomic E-state index is 13.0. The number of para-hydroxylation sites is 2. The molecule has 0 atom stereocenters. The largest absolute Gasteiger partial charge is 0.497 e. The van der Waals surface area contributed by atoms with E-state index >= 15 is 0 Å². The number of nitrogens with zero attached hydrogens (tertiary/aromatic N) is 3. The average Bonchev–Trinajstić information content (AvgIpc) is 2.92. The molecule has 0 aliphatic carbocycles. The molecule has 0 spiro atoms. The van der Waals surface area contributed by atoms with Crippen molar-refractivity contribution in [2.75, 3.05) is 20.2 Å². The molecule has 29 heavy (non-hydrogen) atoms. The molecule has 152 valence electrons. The molecule has 3 aromatic rings. The van der Waals surface area contributed by atoms with Crippen molar-refractivity contribution in [2.45, 2.75) is 38.8 Å². The molecule has 1 aliphatic heterocycles. The summed E-state index contributed by atoms with van der Waals surface area (Å²) in [6.45, 7) is 2.27. The van der Waals surface area contributed by atoms with E-state index in [1.54, 1.807) is 7.11 Å². The summed E-state index contributed by atoms with van der Waals surface area (Å²) in [6.07, 6.45) is 4.58. The van der Waals surface area contributed by atoms with Crippen LogP contribution in [0.25, 0.3) is 11.0 Å². The molecule has 4 rings (SSSR count). The normalized spacial score (nSPS) is 14.6. The second kappa shape index (κ2) is 8.99. The van der Waals surface area contributed by atoms with Crippen LogP contribution in [0.3, 0.4) is 0 Å². The van der Waals surface area contributed by atoms with Gasteiger partial charge in [0, 0.05) is 19.2 Å². The predicted octanol–water partition coefficient (Wildman–Crippen LogP) is 4.03. The van der Waals surface area contributed by atoms with Crippen LogP contribution in [0, 0.1) is 0 Å². The van der Waals surface area contributed by atoms with E-state index in [4.69, 9.17) is 14.5 Å². The summed E-state index contributed by atoms with van der Waals surface area (Å²) in [5.74, 6) is 2.35. The van der Waals surface area contributed by atoms with Crippen molar-refractivity contribution in [3.63, 3.8) is 0 Å². The van der Waals surface area contributed by atoms with Crippen molar-refractivity contribution in [3.05, 3.63) is 54.4 Å². The summed E-state index contributed by atoms with van der Waals surface area (Å²) >= 11 is 0. The molecule has 0 bridgehead atoms. The molecule has 6 nitrogen and oxygen atoms in total. The van der Waals surface area contributed by atoms with Gasteiger partial charge in [-0.3, -0.25) is 4.79 Å². The van der Waals surface area contributed by atoms with Gasteiger partial charge in [-0.1, -0.05) is 31.0 Å². The fourth-order valence-electron chi connectivity index (χ4n) is 3.81. The molecule has 1 saturated heterocycles. The van der Waals surface area contributed by atoms with Crippen molar-refractivity contribution in [1.82, 2.24) is 14.5 Å². The Bertz CT molecular complexity index is 974. The lowest BCUT2D eigenvalue weighted by Gasteiger charge is -2.21. The van der Waals surface area contributed by atoms with Crippen LogP contribution in [-0.2, 0) is 17.9 Å². The highest BCUT2D eigenvalue weighted by molar-refractivity contribution is 5.81. The van der Waals surface area contributed by atoms with Gasteiger partial charge in [-0.2, -0.15) is 0 Å². The zero-order chi connectivity index (χ0) is 20.1. The third-order valence-electron chi connectivity index (χ3n) is 5.39. The molecule has 1 aliphatic rings. The maximum atomic E-state index is 13.0. The topological polar surface area (TPSA) is 56.6 Å². The van der Waals surface area contributed by atoms with E-state index in [0.717, 1.165) is 48.5 Å². The van der Waals surface area contributed by atoms with E-state index in [2.05, 4.69) is 0 Å². The Kier molecular flexibility index (Phi) is 5.98. The van der Waals surface area contributed by atoms with Gasteiger partial charge in [-0.15, -0.1) is 0 Å². The lowest BCUT2D eigenvalue weighted by atomic mass is 10.2. The first-order chi connectivity index (χ1) is 14.2. The van der Waals surface area contributed by atoms with Gasteiger partial charge in [0.15, 0.2) is 0 Å². The van der Waals surface area contributed by atoms with Crippen LogP contribution in [-0.4, -0.2) is 40.6 Å². The molecule has 1 amide bonds. The summed E-state index contributed by atoms with van der Waals surface area (Å²) in [7, 11) is 1.63. The zero-order valence-corrected chi connectivity index (χ0v) is 16.8. The smallest absolute Gasteiger partial charge is 0.242 e. The number of aromatic nitrogens is 2. The molecule has 0 radical (unpaired) electrons. The maximum Gasteiger partial charge on any atom is 0.242 e. The molecule has 2 aromatic carbocycles. The number of rotatable bonds is 6. The third kappa shape index (κ3) is 4.53. The van der Waals surface area contributed by atoms with Crippen LogP contribution in [0.5, 0.6) is 11.5 Å². The molecular weight excluding hydrogens is 366 g/mol. The first-order valence-corrected chi connectivity index (χ1v) is 10.2. The summed E-state index contributed by atoms with van der Waals surface area (Å²) in [5.41, 5.74) is 1.83. The molecule has 2 heterocycles. The van der Waals surface area contributed by atoms with Gasteiger partial charge in [0.25, 0.3) is 0 Å². The van der Waals surface area contributed by atoms with Crippen LogP contribution in [0.15, 0.2) is 48.5 Å².